The number of nitrogens with one attached hydrogen (secondary N) is 1. The highest BCUT2D eigenvalue weighted by Gasteiger charge is 2.31. The lowest BCUT2D eigenvalue weighted by Gasteiger charge is -2.21. The number of alkyl halides is 3. The highest BCUT2D eigenvalue weighted by Crippen LogP contribution is 2.32. The van der Waals surface area contributed by atoms with E-state index in [1.165, 1.54) is 36.7 Å². The van der Waals surface area contributed by atoms with Gasteiger partial charge in [0, 0.05) is 42.3 Å². The average molecular weight is 462 g/mol. The quantitative estimate of drug-likeness (QED) is 0.558. The van der Waals surface area contributed by atoms with Gasteiger partial charge in [-0.2, -0.15) is 0 Å². The molecule has 0 aliphatic carbocycles. The summed E-state index contributed by atoms with van der Waals surface area (Å²) in [4.78, 5) is 22.8. The monoisotopic (exact) mass is 462 g/mol. The molecule has 33 heavy (non-hydrogen) atoms. The molecule has 1 fully saturated rings. The van der Waals surface area contributed by atoms with Crippen molar-refractivity contribution in [3.63, 3.8) is 0 Å². The van der Waals surface area contributed by atoms with Gasteiger partial charge in [0.05, 0.1) is 17.9 Å². The Bertz CT molecular complexity index is 1160. The van der Waals surface area contributed by atoms with Gasteiger partial charge in [0.1, 0.15) is 17.4 Å². The van der Waals surface area contributed by atoms with Gasteiger partial charge in [0.2, 0.25) is 0 Å². The number of hydrogen-bond donors (Lipinski definition) is 2. The Kier molecular flexibility index (Phi) is 6.14. The highest BCUT2D eigenvalue weighted by molar-refractivity contribution is 6.05. The maximum atomic E-state index is 13.8. The average Bonchev–Trinajstić information content (AvgIpc) is 3.20. The van der Waals surface area contributed by atoms with E-state index in [0.717, 1.165) is 18.3 Å². The number of β-amino-alcohol motifs (C(OH)–C–C–N with tert-alkyl or cyclic N) is 1. The molecule has 11 heteroatoms. The number of aliphatic hydroxyl groups is 1. The van der Waals surface area contributed by atoms with Gasteiger partial charge in [-0.15, -0.1) is 13.2 Å². The summed E-state index contributed by atoms with van der Waals surface area (Å²) in [5.74, 6) is -1.06. The maximum Gasteiger partial charge on any atom is 0.573 e. The van der Waals surface area contributed by atoms with Crippen LogP contribution in [0.25, 0.3) is 11.1 Å². The molecule has 4 rings (SSSR count). The lowest BCUT2D eigenvalue weighted by molar-refractivity contribution is -0.274. The van der Waals surface area contributed by atoms with E-state index >= 15 is 0 Å². The predicted octanol–water partition coefficient (Wildman–Crippen LogP) is 4.00. The van der Waals surface area contributed by atoms with E-state index in [2.05, 4.69) is 20.0 Å². The van der Waals surface area contributed by atoms with E-state index in [4.69, 9.17) is 0 Å². The van der Waals surface area contributed by atoms with Gasteiger partial charge in [-0.25, -0.2) is 9.37 Å². The molecule has 0 unspecified atom stereocenters. The first-order valence-corrected chi connectivity index (χ1v) is 9.89. The largest absolute Gasteiger partial charge is 0.573 e. The lowest BCUT2D eigenvalue weighted by Crippen LogP contribution is -2.23. The molecule has 3 aromatic rings. The van der Waals surface area contributed by atoms with E-state index in [-0.39, 0.29) is 11.3 Å². The minimum Gasteiger partial charge on any atom is -0.406 e. The van der Waals surface area contributed by atoms with Crippen LogP contribution >= 0.6 is 0 Å². The Morgan fingerprint density at radius 1 is 1.15 bits per heavy atom. The summed E-state index contributed by atoms with van der Waals surface area (Å²) >= 11 is 0. The predicted molar refractivity (Wildman–Crippen MR) is 111 cm³/mol. The summed E-state index contributed by atoms with van der Waals surface area (Å²) in [7, 11) is 0. The van der Waals surface area contributed by atoms with Crippen molar-refractivity contribution >= 4 is 17.4 Å². The van der Waals surface area contributed by atoms with E-state index < -0.39 is 29.9 Å². The van der Waals surface area contributed by atoms with Gasteiger partial charge >= 0.3 is 6.36 Å². The van der Waals surface area contributed by atoms with E-state index in [0.29, 0.717) is 36.5 Å². The summed E-state index contributed by atoms with van der Waals surface area (Å²) in [6, 6.07) is 7.48. The maximum absolute atomic E-state index is 13.8. The standard InChI is InChI=1S/C22H18F4N4O3/c23-15-7-13(9-27-11-15)19-8-14(10-28-20(19)30-6-5-17(31)12-30)21(32)29-16-1-3-18(4-2-16)33-22(24,25)26/h1-4,7-11,17,31H,5-6,12H2,(H,29,32)/t17-/m1/s1. The van der Waals surface area contributed by atoms with Crippen LogP contribution in [0.1, 0.15) is 16.8 Å². The first-order valence-electron chi connectivity index (χ1n) is 9.89. The summed E-state index contributed by atoms with van der Waals surface area (Å²) < 4.78 is 54.5. The van der Waals surface area contributed by atoms with Crippen LogP contribution in [-0.2, 0) is 0 Å². The molecule has 7 nitrogen and oxygen atoms in total. The van der Waals surface area contributed by atoms with Crippen molar-refractivity contribution in [1.29, 1.82) is 0 Å². The number of hydrogen-bond acceptors (Lipinski definition) is 6. The molecule has 0 saturated carbocycles. The van der Waals surface area contributed by atoms with E-state index in [1.807, 2.05) is 4.90 Å². The molecule has 1 aliphatic rings. The molecule has 1 atom stereocenters. The van der Waals surface area contributed by atoms with Crippen LogP contribution in [0.4, 0.5) is 29.1 Å². The van der Waals surface area contributed by atoms with Crippen LogP contribution in [0.15, 0.2) is 55.0 Å². The van der Waals surface area contributed by atoms with Gasteiger partial charge in [0.25, 0.3) is 5.91 Å². The Morgan fingerprint density at radius 2 is 1.91 bits per heavy atom. The first-order chi connectivity index (χ1) is 15.7. The molecule has 0 spiro atoms. The van der Waals surface area contributed by atoms with Crippen LogP contribution in [0, 0.1) is 5.82 Å². The van der Waals surface area contributed by atoms with Crippen LogP contribution in [-0.4, -0.2) is 46.5 Å². The Balaban J connectivity index is 1.60. The normalized spacial score (nSPS) is 16.0. The molecule has 2 N–H and O–H groups in total. The Labute approximate surface area is 185 Å². The van der Waals surface area contributed by atoms with Crippen molar-refractivity contribution < 1.29 is 32.2 Å². The fourth-order valence-corrected chi connectivity index (χ4v) is 3.48. The van der Waals surface area contributed by atoms with Crippen molar-refractivity contribution in [2.45, 2.75) is 18.9 Å². The molecular formula is C22H18F4N4O3. The fourth-order valence-electron chi connectivity index (χ4n) is 3.48. The highest BCUT2D eigenvalue weighted by atomic mass is 19.4. The number of rotatable bonds is 5. The number of pyridine rings is 2. The number of halogens is 4. The van der Waals surface area contributed by atoms with Gasteiger partial charge < -0.3 is 20.1 Å². The summed E-state index contributed by atoms with van der Waals surface area (Å²) in [5.41, 5.74) is 1.25. The molecular weight excluding hydrogens is 444 g/mol. The van der Waals surface area contributed by atoms with Crippen LogP contribution in [0.5, 0.6) is 5.75 Å². The van der Waals surface area contributed by atoms with Crippen LogP contribution < -0.4 is 15.0 Å². The fraction of sp³-hybridized carbons (Fsp3) is 0.227. The van der Waals surface area contributed by atoms with Crippen LogP contribution in [0.2, 0.25) is 0 Å². The zero-order valence-electron chi connectivity index (χ0n) is 17.0. The number of carbonyl (C=O) groups excluding carboxylic acids is 1. The number of benzene rings is 1. The summed E-state index contributed by atoms with van der Waals surface area (Å²) in [6.07, 6.45) is -0.939. The number of amides is 1. The van der Waals surface area contributed by atoms with Gasteiger partial charge in [-0.3, -0.25) is 9.78 Å². The summed E-state index contributed by atoms with van der Waals surface area (Å²) in [5, 5.41) is 12.5. The van der Waals surface area contributed by atoms with Gasteiger partial charge in [0.15, 0.2) is 0 Å². The zero-order chi connectivity index (χ0) is 23.6. The smallest absolute Gasteiger partial charge is 0.406 e. The molecule has 3 heterocycles. The molecule has 0 radical (unpaired) electrons. The van der Waals surface area contributed by atoms with Crippen LogP contribution in [0.3, 0.4) is 0 Å². The molecule has 172 valence electrons. The number of nitrogens with zero attached hydrogens (tertiary/aromatic N) is 3. The number of aliphatic hydroxyl groups excluding tert-OH is 1. The third-order valence-corrected chi connectivity index (χ3v) is 4.95. The van der Waals surface area contributed by atoms with Crippen molar-refractivity contribution in [2.75, 3.05) is 23.3 Å². The van der Waals surface area contributed by atoms with Crippen molar-refractivity contribution in [3.05, 3.63) is 66.4 Å². The number of carbonyl (C=O) groups is 1. The van der Waals surface area contributed by atoms with Crippen molar-refractivity contribution in [2.24, 2.45) is 0 Å². The number of ether oxygens (including phenoxy) is 1. The third-order valence-electron chi connectivity index (χ3n) is 4.95. The zero-order valence-corrected chi connectivity index (χ0v) is 17.0. The Hall–Kier alpha value is -3.73. The van der Waals surface area contributed by atoms with Crippen molar-refractivity contribution in [1.82, 2.24) is 9.97 Å². The molecule has 1 aliphatic heterocycles. The topological polar surface area (TPSA) is 87.6 Å². The van der Waals surface area contributed by atoms with E-state index in [9.17, 15) is 27.5 Å². The third kappa shape index (κ3) is 5.55. The second-order valence-electron chi connectivity index (χ2n) is 7.40. The van der Waals surface area contributed by atoms with Crippen molar-refractivity contribution in [3.8, 4) is 16.9 Å². The molecule has 1 amide bonds. The minimum atomic E-state index is -4.81. The molecule has 1 aromatic carbocycles. The van der Waals surface area contributed by atoms with Gasteiger partial charge in [-0.05, 0) is 42.8 Å². The molecule has 0 bridgehead atoms. The number of aromatic nitrogens is 2. The summed E-state index contributed by atoms with van der Waals surface area (Å²) in [6.45, 7) is 0.891. The minimum absolute atomic E-state index is 0.147. The second-order valence-corrected chi connectivity index (χ2v) is 7.40. The Morgan fingerprint density at radius 3 is 2.55 bits per heavy atom. The lowest BCUT2D eigenvalue weighted by atomic mass is 10.1. The van der Waals surface area contributed by atoms with Gasteiger partial charge in [-0.1, -0.05) is 0 Å². The SMILES string of the molecule is O=C(Nc1ccc(OC(F)(F)F)cc1)c1cnc(N2CC[C@@H](O)C2)c(-c2cncc(F)c2)c1. The molecule has 2 aromatic heterocycles. The van der Waals surface area contributed by atoms with E-state index in [1.54, 1.807) is 0 Å². The second kappa shape index (κ2) is 9.02. The number of anilines is 2. The molecule has 1 saturated heterocycles. The first kappa shape index (κ1) is 22.5.